The van der Waals surface area contributed by atoms with Crippen LogP contribution in [0.15, 0.2) is 0 Å². The van der Waals surface area contributed by atoms with Gasteiger partial charge in [0, 0.05) is 12.6 Å². The lowest BCUT2D eigenvalue weighted by molar-refractivity contribution is -0.120. The van der Waals surface area contributed by atoms with E-state index < -0.39 is 0 Å². The quantitative estimate of drug-likeness (QED) is 0.654. The first-order valence-electron chi connectivity index (χ1n) is 5.60. The first-order valence-corrected chi connectivity index (χ1v) is 5.60. The normalized spacial score (nSPS) is 14.9. The van der Waals surface area contributed by atoms with E-state index in [1.165, 1.54) is 6.42 Å². The predicted molar refractivity (Wildman–Crippen MR) is 60.2 cm³/mol. The molecule has 84 valence electrons. The molecule has 0 aliphatic rings. The molecule has 0 rings (SSSR count). The average molecular weight is 200 g/mol. The van der Waals surface area contributed by atoms with Crippen LogP contribution in [0.2, 0.25) is 0 Å². The molecule has 0 bridgehead atoms. The van der Waals surface area contributed by atoms with E-state index >= 15 is 0 Å². The van der Waals surface area contributed by atoms with Gasteiger partial charge in [-0.3, -0.25) is 4.79 Å². The van der Waals surface area contributed by atoms with Crippen LogP contribution in [-0.4, -0.2) is 25.0 Å². The number of hydrogen-bond acceptors (Lipinski definition) is 2. The fraction of sp³-hybridized carbons (Fsp3) is 0.909. The van der Waals surface area contributed by atoms with Crippen molar-refractivity contribution in [2.24, 2.45) is 5.92 Å². The van der Waals surface area contributed by atoms with Crippen molar-refractivity contribution >= 4 is 5.91 Å². The number of carbonyl (C=O) groups is 1. The van der Waals surface area contributed by atoms with Crippen molar-refractivity contribution in [3.05, 3.63) is 0 Å². The van der Waals surface area contributed by atoms with Crippen molar-refractivity contribution in [2.45, 2.75) is 46.6 Å². The summed E-state index contributed by atoms with van der Waals surface area (Å²) in [6, 6.07) is 0.424. The Bertz CT molecular complexity index is 159. The summed E-state index contributed by atoms with van der Waals surface area (Å²) in [4.78, 5) is 11.1. The fourth-order valence-electron chi connectivity index (χ4n) is 1.38. The molecule has 0 spiro atoms. The largest absolute Gasteiger partial charge is 0.355 e. The van der Waals surface area contributed by atoms with E-state index in [2.05, 4.69) is 31.4 Å². The Morgan fingerprint density at radius 2 is 1.93 bits per heavy atom. The monoisotopic (exact) mass is 200 g/mol. The third-order valence-corrected chi connectivity index (χ3v) is 2.44. The smallest absolute Gasteiger partial charge is 0.233 e. The maximum atomic E-state index is 11.1. The van der Waals surface area contributed by atoms with Crippen LogP contribution in [0.25, 0.3) is 0 Å². The van der Waals surface area contributed by atoms with Gasteiger partial charge in [0.15, 0.2) is 0 Å². The van der Waals surface area contributed by atoms with Gasteiger partial charge >= 0.3 is 0 Å². The summed E-state index contributed by atoms with van der Waals surface area (Å²) in [6.45, 7) is 9.64. The first kappa shape index (κ1) is 13.4. The molecule has 0 fully saturated rings. The van der Waals surface area contributed by atoms with Crippen LogP contribution < -0.4 is 10.6 Å². The van der Waals surface area contributed by atoms with Gasteiger partial charge in [0.25, 0.3) is 0 Å². The van der Waals surface area contributed by atoms with E-state index in [9.17, 15) is 4.79 Å². The summed E-state index contributed by atoms with van der Waals surface area (Å²) in [5.41, 5.74) is 0. The molecular formula is C11H24N2O. The number of nitrogens with one attached hydrogen (secondary N) is 2. The lowest BCUT2D eigenvalue weighted by Gasteiger charge is -2.17. The molecule has 2 atom stereocenters. The molecule has 1 amide bonds. The van der Waals surface area contributed by atoms with Crippen LogP contribution in [0.4, 0.5) is 0 Å². The Balaban J connectivity index is 3.52. The Kier molecular flexibility index (Phi) is 7.48. The van der Waals surface area contributed by atoms with E-state index in [0.29, 0.717) is 19.1 Å². The third-order valence-electron chi connectivity index (χ3n) is 2.44. The Labute approximate surface area is 87.6 Å². The molecule has 0 heterocycles. The van der Waals surface area contributed by atoms with Crippen LogP contribution in [0.1, 0.15) is 40.5 Å². The number of hydrogen-bond donors (Lipinski definition) is 2. The van der Waals surface area contributed by atoms with Gasteiger partial charge in [0.2, 0.25) is 5.91 Å². The predicted octanol–water partition coefficient (Wildman–Crippen LogP) is 1.54. The van der Waals surface area contributed by atoms with E-state index in [4.69, 9.17) is 0 Å². The highest BCUT2D eigenvalue weighted by Crippen LogP contribution is 2.08. The summed E-state index contributed by atoms with van der Waals surface area (Å²) >= 11 is 0. The fourth-order valence-corrected chi connectivity index (χ4v) is 1.38. The average Bonchev–Trinajstić information content (AvgIpc) is 2.15. The zero-order chi connectivity index (χ0) is 11.0. The van der Waals surface area contributed by atoms with Crippen molar-refractivity contribution in [3.8, 4) is 0 Å². The van der Waals surface area contributed by atoms with Crippen LogP contribution in [0.5, 0.6) is 0 Å². The van der Waals surface area contributed by atoms with Gasteiger partial charge in [-0.1, -0.05) is 20.3 Å². The summed E-state index contributed by atoms with van der Waals surface area (Å²) in [6.07, 6.45) is 2.34. The standard InChI is InChI=1S/C11H24N2O/c1-5-9(3)7-10(4)13-8-11(14)12-6-2/h9-10,13H,5-8H2,1-4H3,(H,12,14). The zero-order valence-corrected chi connectivity index (χ0v) is 9.89. The van der Waals surface area contributed by atoms with E-state index in [-0.39, 0.29) is 5.91 Å². The minimum atomic E-state index is 0.0866. The molecule has 3 nitrogen and oxygen atoms in total. The Morgan fingerprint density at radius 1 is 1.29 bits per heavy atom. The highest BCUT2D eigenvalue weighted by molar-refractivity contribution is 5.77. The zero-order valence-electron chi connectivity index (χ0n) is 9.89. The molecule has 0 aliphatic carbocycles. The number of likely N-dealkylation sites (N-methyl/N-ethyl adjacent to an activating group) is 1. The van der Waals surface area contributed by atoms with Gasteiger partial charge in [0.05, 0.1) is 6.54 Å². The van der Waals surface area contributed by atoms with E-state index in [0.717, 1.165) is 12.3 Å². The number of rotatable bonds is 7. The second-order valence-corrected chi connectivity index (χ2v) is 3.98. The summed E-state index contributed by atoms with van der Waals surface area (Å²) < 4.78 is 0. The summed E-state index contributed by atoms with van der Waals surface area (Å²) in [5, 5.41) is 5.99. The summed E-state index contributed by atoms with van der Waals surface area (Å²) in [5.74, 6) is 0.815. The summed E-state index contributed by atoms with van der Waals surface area (Å²) in [7, 11) is 0. The first-order chi connectivity index (χ1) is 6.60. The molecule has 0 aromatic rings. The lowest BCUT2D eigenvalue weighted by Crippen LogP contribution is -2.38. The Hall–Kier alpha value is -0.570. The van der Waals surface area contributed by atoms with Gasteiger partial charge in [-0.2, -0.15) is 0 Å². The molecule has 0 aliphatic heterocycles. The van der Waals surface area contributed by atoms with E-state index in [1.54, 1.807) is 0 Å². The van der Waals surface area contributed by atoms with Crippen LogP contribution in [-0.2, 0) is 4.79 Å². The molecule has 3 heteroatoms. The van der Waals surface area contributed by atoms with Crippen molar-refractivity contribution in [2.75, 3.05) is 13.1 Å². The van der Waals surface area contributed by atoms with Crippen molar-refractivity contribution in [1.29, 1.82) is 0 Å². The van der Waals surface area contributed by atoms with E-state index in [1.807, 2.05) is 6.92 Å². The molecule has 2 N–H and O–H groups in total. The molecule has 0 saturated carbocycles. The van der Waals surface area contributed by atoms with Crippen LogP contribution in [0.3, 0.4) is 0 Å². The van der Waals surface area contributed by atoms with Crippen molar-refractivity contribution < 1.29 is 4.79 Å². The SMILES string of the molecule is CCNC(=O)CNC(C)CC(C)CC. The van der Waals surface area contributed by atoms with Crippen molar-refractivity contribution in [1.82, 2.24) is 10.6 Å². The molecule has 0 aromatic heterocycles. The molecule has 0 aromatic carbocycles. The maximum absolute atomic E-state index is 11.1. The Morgan fingerprint density at radius 3 is 2.43 bits per heavy atom. The highest BCUT2D eigenvalue weighted by atomic mass is 16.1. The molecule has 14 heavy (non-hydrogen) atoms. The van der Waals surface area contributed by atoms with Gasteiger partial charge in [-0.25, -0.2) is 0 Å². The highest BCUT2D eigenvalue weighted by Gasteiger charge is 2.07. The van der Waals surface area contributed by atoms with Gasteiger partial charge in [0.1, 0.15) is 0 Å². The number of carbonyl (C=O) groups excluding carboxylic acids is 1. The van der Waals surface area contributed by atoms with Gasteiger partial charge in [-0.05, 0) is 26.2 Å². The second-order valence-electron chi connectivity index (χ2n) is 3.98. The molecule has 0 saturated heterocycles. The minimum Gasteiger partial charge on any atom is -0.355 e. The molecule has 2 unspecified atom stereocenters. The van der Waals surface area contributed by atoms with Crippen molar-refractivity contribution in [3.63, 3.8) is 0 Å². The third kappa shape index (κ3) is 6.89. The van der Waals surface area contributed by atoms with Gasteiger partial charge < -0.3 is 10.6 Å². The maximum Gasteiger partial charge on any atom is 0.233 e. The topological polar surface area (TPSA) is 41.1 Å². The lowest BCUT2D eigenvalue weighted by atomic mass is 10.0. The molecule has 0 radical (unpaired) electrons. The van der Waals surface area contributed by atoms with Crippen LogP contribution >= 0.6 is 0 Å². The molecular weight excluding hydrogens is 176 g/mol. The number of amides is 1. The minimum absolute atomic E-state index is 0.0866. The van der Waals surface area contributed by atoms with Gasteiger partial charge in [-0.15, -0.1) is 0 Å². The van der Waals surface area contributed by atoms with Crippen LogP contribution in [0, 0.1) is 5.92 Å². The second kappa shape index (κ2) is 7.80.